The van der Waals surface area contributed by atoms with Gasteiger partial charge >= 0.3 is 0 Å². The average molecular weight is 172 g/mol. The van der Waals surface area contributed by atoms with E-state index >= 15 is 0 Å². The van der Waals surface area contributed by atoms with Crippen molar-refractivity contribution in [2.24, 2.45) is 0 Å². The first-order valence-corrected chi connectivity index (χ1v) is 4.06. The minimum absolute atomic E-state index is 0.0859. The number of quaternary nitrogens is 1. The highest BCUT2D eigenvalue weighted by Gasteiger charge is 2.11. The van der Waals surface area contributed by atoms with Crippen LogP contribution >= 0.6 is 0 Å². The maximum Gasteiger partial charge on any atom is 0.140 e. The van der Waals surface area contributed by atoms with Gasteiger partial charge in [0.1, 0.15) is 13.1 Å². The van der Waals surface area contributed by atoms with Gasteiger partial charge in [0.25, 0.3) is 0 Å². The molecular formula is C9H18NO2+. The lowest BCUT2D eigenvalue weighted by molar-refractivity contribution is -0.883. The van der Waals surface area contributed by atoms with Gasteiger partial charge in [-0.3, -0.25) is 0 Å². The summed E-state index contributed by atoms with van der Waals surface area (Å²) in [5.41, 5.74) is 0. The second kappa shape index (κ2) is 6.01. The maximum atomic E-state index is 8.44. The van der Waals surface area contributed by atoms with Crippen LogP contribution in [0.25, 0.3) is 0 Å². The lowest BCUT2D eigenvalue weighted by atomic mass is 10.4. The minimum Gasteiger partial charge on any atom is -0.394 e. The smallest absolute Gasteiger partial charge is 0.140 e. The number of ether oxygens (including phenoxy) is 1. The highest BCUT2D eigenvalue weighted by atomic mass is 16.5. The fraction of sp³-hybridized carbons (Fsp3) is 0.778. The molecule has 0 heterocycles. The van der Waals surface area contributed by atoms with Crippen molar-refractivity contribution in [3.05, 3.63) is 0 Å². The van der Waals surface area contributed by atoms with Gasteiger partial charge in [0, 0.05) is 0 Å². The fourth-order valence-electron chi connectivity index (χ4n) is 0.804. The van der Waals surface area contributed by atoms with Crippen LogP contribution in [-0.4, -0.2) is 56.6 Å². The first kappa shape index (κ1) is 11.4. The molecule has 0 amide bonds. The van der Waals surface area contributed by atoms with E-state index in [1.807, 2.05) is 0 Å². The molecule has 3 heteroatoms. The second-order valence-electron chi connectivity index (χ2n) is 3.36. The van der Waals surface area contributed by atoms with E-state index < -0.39 is 0 Å². The van der Waals surface area contributed by atoms with E-state index in [0.717, 1.165) is 11.0 Å². The molecule has 0 unspecified atom stereocenters. The summed E-state index contributed by atoms with van der Waals surface area (Å²) in [6.45, 7) is 2.74. The van der Waals surface area contributed by atoms with E-state index in [2.05, 4.69) is 20.0 Å². The van der Waals surface area contributed by atoms with Gasteiger partial charge in [0.2, 0.25) is 0 Å². The largest absolute Gasteiger partial charge is 0.394 e. The predicted molar refractivity (Wildman–Crippen MR) is 48.6 cm³/mol. The molecule has 0 aromatic heterocycles. The standard InChI is InChI=1S/C9H18NO2/c1-4-5-10(2,3)6-8-12-9-7-11/h1,11H,5-9H2,2-3H3/q+1. The number of hydrogen-bond acceptors (Lipinski definition) is 2. The summed E-state index contributed by atoms with van der Waals surface area (Å²) in [6.07, 6.45) is 5.20. The first-order valence-electron chi connectivity index (χ1n) is 4.06. The third-order valence-electron chi connectivity index (χ3n) is 1.60. The van der Waals surface area contributed by atoms with E-state index in [4.69, 9.17) is 16.3 Å². The van der Waals surface area contributed by atoms with Crippen LogP contribution in [0.5, 0.6) is 0 Å². The normalized spacial score (nSPS) is 11.2. The molecule has 0 rings (SSSR count). The third-order valence-corrected chi connectivity index (χ3v) is 1.60. The lowest BCUT2D eigenvalue weighted by Crippen LogP contribution is -2.42. The molecule has 0 radical (unpaired) electrons. The number of nitrogens with zero attached hydrogens (tertiary/aromatic N) is 1. The van der Waals surface area contributed by atoms with Gasteiger partial charge in [-0.2, -0.15) is 0 Å². The Kier molecular flexibility index (Phi) is 5.73. The average Bonchev–Trinajstić information content (AvgIpc) is 1.98. The molecule has 12 heavy (non-hydrogen) atoms. The minimum atomic E-state index is 0.0859. The van der Waals surface area contributed by atoms with E-state index in [-0.39, 0.29) is 6.61 Å². The second-order valence-corrected chi connectivity index (χ2v) is 3.36. The zero-order chi connectivity index (χ0) is 9.45. The number of aliphatic hydroxyl groups excluding tert-OH is 1. The highest BCUT2D eigenvalue weighted by Crippen LogP contribution is 1.94. The van der Waals surface area contributed by atoms with Crippen molar-refractivity contribution in [3.8, 4) is 12.3 Å². The zero-order valence-corrected chi connectivity index (χ0v) is 7.92. The van der Waals surface area contributed by atoms with Gasteiger partial charge in [-0.1, -0.05) is 0 Å². The van der Waals surface area contributed by atoms with Crippen LogP contribution < -0.4 is 0 Å². The molecule has 0 aliphatic rings. The van der Waals surface area contributed by atoms with Gasteiger partial charge < -0.3 is 14.3 Å². The van der Waals surface area contributed by atoms with Crippen LogP contribution in [0, 0.1) is 12.3 Å². The van der Waals surface area contributed by atoms with Gasteiger partial charge in [-0.05, 0) is 5.92 Å². The van der Waals surface area contributed by atoms with Crippen molar-refractivity contribution in [1.82, 2.24) is 0 Å². The summed E-state index contributed by atoms with van der Waals surface area (Å²) in [6, 6.07) is 0. The molecule has 0 aromatic rings. The Morgan fingerprint density at radius 2 is 2.08 bits per heavy atom. The summed E-state index contributed by atoms with van der Waals surface area (Å²) in [5, 5.41) is 8.44. The molecule has 0 spiro atoms. The molecule has 1 N–H and O–H groups in total. The Labute approximate surface area is 74.5 Å². The Morgan fingerprint density at radius 3 is 2.58 bits per heavy atom. The Bertz CT molecular complexity index is 149. The van der Waals surface area contributed by atoms with Crippen LogP contribution in [0.2, 0.25) is 0 Å². The molecular weight excluding hydrogens is 154 g/mol. The maximum absolute atomic E-state index is 8.44. The molecule has 0 saturated carbocycles. The fourth-order valence-corrected chi connectivity index (χ4v) is 0.804. The molecule has 0 fully saturated rings. The molecule has 0 saturated heterocycles. The lowest BCUT2D eigenvalue weighted by Gasteiger charge is -2.26. The first-order chi connectivity index (χ1) is 5.62. The Morgan fingerprint density at radius 1 is 1.42 bits per heavy atom. The highest BCUT2D eigenvalue weighted by molar-refractivity contribution is 4.83. The van der Waals surface area contributed by atoms with Crippen molar-refractivity contribution < 1.29 is 14.3 Å². The van der Waals surface area contributed by atoms with Crippen molar-refractivity contribution in [2.45, 2.75) is 0 Å². The van der Waals surface area contributed by atoms with Crippen LogP contribution in [0.3, 0.4) is 0 Å². The molecule has 3 nitrogen and oxygen atoms in total. The quantitative estimate of drug-likeness (QED) is 0.339. The summed E-state index contributed by atoms with van der Waals surface area (Å²) in [7, 11) is 4.12. The number of aliphatic hydroxyl groups is 1. The molecule has 70 valence electrons. The zero-order valence-electron chi connectivity index (χ0n) is 7.92. The predicted octanol–water partition coefficient (Wildman–Crippen LogP) is -0.295. The topological polar surface area (TPSA) is 29.5 Å². The van der Waals surface area contributed by atoms with Crippen LogP contribution in [0.15, 0.2) is 0 Å². The molecule has 0 bridgehead atoms. The van der Waals surface area contributed by atoms with Gasteiger partial charge in [-0.25, -0.2) is 0 Å². The van der Waals surface area contributed by atoms with Crippen LogP contribution in [0.1, 0.15) is 0 Å². The third kappa shape index (κ3) is 6.17. The van der Waals surface area contributed by atoms with Crippen molar-refractivity contribution in [2.75, 3.05) is 47.0 Å². The molecule has 0 atom stereocenters. The van der Waals surface area contributed by atoms with E-state index in [9.17, 15) is 0 Å². The van der Waals surface area contributed by atoms with Crippen molar-refractivity contribution >= 4 is 0 Å². The summed E-state index contributed by atoms with van der Waals surface area (Å²) in [4.78, 5) is 0. The van der Waals surface area contributed by atoms with Gasteiger partial charge in [-0.15, -0.1) is 6.42 Å². The van der Waals surface area contributed by atoms with Crippen LogP contribution in [-0.2, 0) is 4.74 Å². The summed E-state index contributed by atoms with van der Waals surface area (Å²) >= 11 is 0. The molecule has 0 aliphatic carbocycles. The SMILES string of the molecule is C#CC[N+](C)(C)CCOCCO. The number of terminal acetylenes is 1. The Balaban J connectivity index is 3.42. The van der Waals surface area contributed by atoms with Gasteiger partial charge in [0.05, 0.1) is 33.9 Å². The summed E-state index contributed by atoms with van der Waals surface area (Å²) < 4.78 is 5.90. The van der Waals surface area contributed by atoms with Gasteiger partial charge in [0.15, 0.2) is 0 Å². The molecule has 0 aromatic carbocycles. The Hall–Kier alpha value is -0.560. The number of hydrogen-bond donors (Lipinski definition) is 1. The van der Waals surface area contributed by atoms with Crippen molar-refractivity contribution in [3.63, 3.8) is 0 Å². The van der Waals surface area contributed by atoms with Crippen molar-refractivity contribution in [1.29, 1.82) is 0 Å². The van der Waals surface area contributed by atoms with E-state index in [0.29, 0.717) is 19.8 Å². The monoisotopic (exact) mass is 172 g/mol. The number of rotatable bonds is 6. The van der Waals surface area contributed by atoms with Crippen LogP contribution in [0.4, 0.5) is 0 Å². The molecule has 0 aliphatic heterocycles. The van der Waals surface area contributed by atoms with E-state index in [1.54, 1.807) is 0 Å². The van der Waals surface area contributed by atoms with E-state index in [1.165, 1.54) is 0 Å². The number of likely N-dealkylation sites (N-methyl/N-ethyl adjacent to an activating group) is 1. The summed E-state index contributed by atoms with van der Waals surface area (Å²) in [5.74, 6) is 2.62.